The molecule has 4 aromatic rings. The average molecular weight is 491 g/mol. The third-order valence-corrected chi connectivity index (χ3v) is 6.52. The van der Waals surface area contributed by atoms with Gasteiger partial charge < -0.3 is 14.4 Å². The van der Waals surface area contributed by atoms with Gasteiger partial charge in [0.25, 0.3) is 5.91 Å². The molecule has 0 aliphatic carbocycles. The lowest BCUT2D eigenvalue weighted by atomic mass is 9.90. The third kappa shape index (κ3) is 3.88. The van der Waals surface area contributed by atoms with Gasteiger partial charge in [-0.2, -0.15) is 0 Å². The van der Waals surface area contributed by atoms with Crippen molar-refractivity contribution < 1.29 is 23.5 Å². The van der Waals surface area contributed by atoms with E-state index in [0.717, 1.165) is 5.56 Å². The number of carbonyl (C=O) groups is 2. The number of carbonyl (C=O) groups excluding carboxylic acids is 2. The summed E-state index contributed by atoms with van der Waals surface area (Å²) in [5, 5.41) is 0.869. The molecule has 0 spiro atoms. The number of pyridine rings is 1. The van der Waals surface area contributed by atoms with Crippen molar-refractivity contribution in [1.82, 2.24) is 9.88 Å². The lowest BCUT2D eigenvalue weighted by Crippen LogP contribution is -2.29. The van der Waals surface area contributed by atoms with E-state index in [9.17, 15) is 14.0 Å². The Balaban J connectivity index is 1.78. The molecule has 0 fully saturated rings. The number of hydrogen-bond acceptors (Lipinski definition) is 5. The zero-order chi connectivity index (χ0) is 24.7. The Hall–Kier alpha value is -3.97. The number of fused-ring (bicyclic) bond motifs is 3. The highest BCUT2D eigenvalue weighted by Crippen LogP contribution is 2.46. The minimum absolute atomic E-state index is 0.185. The zero-order valence-electron chi connectivity index (χ0n) is 18.9. The zero-order valence-corrected chi connectivity index (χ0v) is 19.7. The minimum atomic E-state index is -0.818. The Morgan fingerprint density at radius 2 is 1.89 bits per heavy atom. The first-order valence-electron chi connectivity index (χ1n) is 10.8. The molecule has 0 saturated heterocycles. The van der Waals surface area contributed by atoms with Gasteiger partial charge in [-0.15, -0.1) is 0 Å². The Morgan fingerprint density at radius 3 is 2.60 bits per heavy atom. The first kappa shape index (κ1) is 22.8. The van der Waals surface area contributed by atoms with Gasteiger partial charge in [-0.05, 0) is 48.0 Å². The van der Waals surface area contributed by atoms with Gasteiger partial charge in [-0.3, -0.25) is 9.78 Å². The van der Waals surface area contributed by atoms with E-state index < -0.39 is 17.8 Å². The van der Waals surface area contributed by atoms with E-state index in [0.29, 0.717) is 33.3 Å². The predicted octanol–water partition coefficient (Wildman–Crippen LogP) is 5.57. The number of halogens is 2. The first-order valence-corrected chi connectivity index (χ1v) is 11.2. The largest absolute Gasteiger partial charge is 0.497 e. The summed E-state index contributed by atoms with van der Waals surface area (Å²) in [7, 11) is 2.85. The number of methoxy groups -OCH3 is 2. The van der Waals surface area contributed by atoms with E-state index in [1.54, 1.807) is 48.5 Å². The van der Waals surface area contributed by atoms with Crippen molar-refractivity contribution in [2.75, 3.05) is 14.2 Å². The van der Waals surface area contributed by atoms with Crippen molar-refractivity contribution in [1.29, 1.82) is 0 Å². The second-order valence-corrected chi connectivity index (χ2v) is 8.53. The fourth-order valence-electron chi connectivity index (χ4n) is 4.59. The number of nitrogens with zero attached hydrogens (tertiary/aromatic N) is 2. The number of amides is 1. The van der Waals surface area contributed by atoms with Gasteiger partial charge in [0.15, 0.2) is 0 Å². The van der Waals surface area contributed by atoms with Crippen LogP contribution in [0.15, 0.2) is 66.9 Å². The quantitative estimate of drug-likeness (QED) is 0.342. The number of rotatable bonds is 5. The van der Waals surface area contributed by atoms with Crippen LogP contribution in [0.25, 0.3) is 10.9 Å². The molecule has 1 amide bonds. The third-order valence-electron chi connectivity index (χ3n) is 6.18. The second kappa shape index (κ2) is 9.00. The summed E-state index contributed by atoms with van der Waals surface area (Å²) in [5.74, 6) is -0.758. The fraction of sp³-hybridized carbons (Fsp3) is 0.148. The maximum atomic E-state index is 14.4. The van der Waals surface area contributed by atoms with Crippen LogP contribution in [0.5, 0.6) is 5.75 Å². The summed E-state index contributed by atoms with van der Waals surface area (Å²) in [4.78, 5) is 32.8. The Labute approximate surface area is 205 Å². The molecule has 6 nitrogen and oxygen atoms in total. The Bertz CT molecular complexity index is 1470. The van der Waals surface area contributed by atoms with Crippen molar-refractivity contribution in [2.45, 2.75) is 12.6 Å². The summed E-state index contributed by atoms with van der Waals surface area (Å²) in [5.41, 5.74) is 2.62. The van der Waals surface area contributed by atoms with Crippen LogP contribution >= 0.6 is 11.6 Å². The smallest absolute Gasteiger partial charge is 0.338 e. The van der Waals surface area contributed by atoms with Gasteiger partial charge in [0.2, 0.25) is 0 Å². The number of benzene rings is 3. The minimum Gasteiger partial charge on any atom is -0.497 e. The number of ether oxygens (including phenoxy) is 2. The standard InChI is InChI=1S/C27H20ClFN2O4/c1-34-17-8-5-15(6-9-17)14-31-25(19-12-16(29)7-10-21(19)28)23-20(27(33)35-2)13-22-18(4-3-11-30-22)24(23)26(31)32/h3-13,25H,14H2,1-2H3. The van der Waals surface area contributed by atoms with E-state index in [2.05, 4.69) is 4.98 Å². The molecule has 0 bridgehead atoms. The molecular formula is C27H20ClFN2O4. The molecule has 0 radical (unpaired) electrons. The maximum Gasteiger partial charge on any atom is 0.338 e. The number of aromatic nitrogens is 1. The highest BCUT2D eigenvalue weighted by Gasteiger charge is 2.43. The maximum absolute atomic E-state index is 14.4. The summed E-state index contributed by atoms with van der Waals surface area (Å²) in [6.45, 7) is 0.192. The van der Waals surface area contributed by atoms with Crippen molar-refractivity contribution in [3.63, 3.8) is 0 Å². The Kier molecular flexibility index (Phi) is 5.86. The van der Waals surface area contributed by atoms with Crippen LogP contribution in [-0.2, 0) is 11.3 Å². The molecular weight excluding hydrogens is 471 g/mol. The molecule has 3 aromatic carbocycles. The number of hydrogen-bond donors (Lipinski definition) is 0. The summed E-state index contributed by atoms with van der Waals surface area (Å²) >= 11 is 6.53. The molecule has 1 atom stereocenters. The summed E-state index contributed by atoms with van der Waals surface area (Å²) in [6, 6.07) is 15.6. The molecule has 1 aliphatic heterocycles. The van der Waals surface area contributed by atoms with Crippen molar-refractivity contribution in [3.05, 3.63) is 106 Å². The predicted molar refractivity (Wildman–Crippen MR) is 129 cm³/mol. The van der Waals surface area contributed by atoms with Crippen LogP contribution in [0.4, 0.5) is 4.39 Å². The molecule has 0 saturated carbocycles. The molecule has 35 heavy (non-hydrogen) atoms. The van der Waals surface area contributed by atoms with Gasteiger partial charge in [0.1, 0.15) is 11.6 Å². The highest BCUT2D eigenvalue weighted by molar-refractivity contribution is 6.31. The highest BCUT2D eigenvalue weighted by atomic mass is 35.5. The van der Waals surface area contributed by atoms with Crippen LogP contribution in [0.3, 0.4) is 0 Å². The van der Waals surface area contributed by atoms with Crippen LogP contribution < -0.4 is 4.74 Å². The van der Waals surface area contributed by atoms with Crippen LogP contribution in [-0.4, -0.2) is 36.0 Å². The Morgan fingerprint density at radius 1 is 1.11 bits per heavy atom. The number of esters is 1. The van der Waals surface area contributed by atoms with Crippen LogP contribution in [0.1, 0.15) is 43.4 Å². The summed E-state index contributed by atoms with van der Waals surface area (Å²) in [6.07, 6.45) is 1.59. The molecule has 1 aromatic heterocycles. The first-order chi connectivity index (χ1) is 16.9. The molecule has 1 unspecified atom stereocenters. The monoisotopic (exact) mass is 490 g/mol. The van der Waals surface area contributed by atoms with E-state index in [1.165, 1.54) is 25.3 Å². The van der Waals surface area contributed by atoms with Crippen molar-refractivity contribution in [2.24, 2.45) is 0 Å². The molecule has 5 rings (SSSR count). The second-order valence-electron chi connectivity index (χ2n) is 8.12. The molecule has 176 valence electrons. The molecule has 2 heterocycles. The molecule has 8 heteroatoms. The van der Waals surface area contributed by atoms with E-state index in [1.807, 2.05) is 12.1 Å². The normalized spacial score (nSPS) is 14.8. The van der Waals surface area contributed by atoms with Gasteiger partial charge in [0.05, 0.1) is 36.9 Å². The van der Waals surface area contributed by atoms with E-state index in [-0.39, 0.29) is 23.0 Å². The van der Waals surface area contributed by atoms with Gasteiger partial charge >= 0.3 is 5.97 Å². The van der Waals surface area contributed by atoms with Gasteiger partial charge in [0, 0.05) is 34.3 Å². The van der Waals surface area contributed by atoms with Crippen molar-refractivity contribution in [3.8, 4) is 5.75 Å². The molecule has 0 N–H and O–H groups in total. The van der Waals surface area contributed by atoms with Gasteiger partial charge in [-0.1, -0.05) is 29.8 Å². The lowest BCUT2D eigenvalue weighted by molar-refractivity contribution is 0.0595. The van der Waals surface area contributed by atoms with Gasteiger partial charge in [-0.25, -0.2) is 9.18 Å². The molecule has 1 aliphatic rings. The van der Waals surface area contributed by atoms with Crippen LogP contribution in [0, 0.1) is 5.82 Å². The summed E-state index contributed by atoms with van der Waals surface area (Å²) < 4.78 is 24.7. The van der Waals surface area contributed by atoms with Crippen LogP contribution in [0.2, 0.25) is 5.02 Å². The van der Waals surface area contributed by atoms with E-state index in [4.69, 9.17) is 21.1 Å². The SMILES string of the molecule is COC(=O)c1cc2ncccc2c2c1C(c1cc(F)ccc1Cl)N(Cc1ccc(OC)cc1)C2=O. The topological polar surface area (TPSA) is 68.7 Å². The van der Waals surface area contributed by atoms with Crippen molar-refractivity contribution >= 4 is 34.4 Å². The lowest BCUT2D eigenvalue weighted by Gasteiger charge is -2.27. The fourth-order valence-corrected chi connectivity index (χ4v) is 4.81. The average Bonchev–Trinajstić information content (AvgIpc) is 3.17. The van der Waals surface area contributed by atoms with E-state index >= 15 is 0 Å².